The Morgan fingerprint density at radius 1 is 1.17 bits per heavy atom. The van der Waals surface area contributed by atoms with Gasteiger partial charge in [-0.2, -0.15) is 0 Å². The molecule has 2 aliphatic rings. The van der Waals surface area contributed by atoms with Crippen LogP contribution < -0.4 is 0 Å². The van der Waals surface area contributed by atoms with Crippen molar-refractivity contribution >= 4 is 17.1 Å². The van der Waals surface area contributed by atoms with E-state index in [0.717, 1.165) is 23.1 Å². The summed E-state index contributed by atoms with van der Waals surface area (Å²) in [5.74, 6) is 0.228. The number of ketones is 2. The summed E-state index contributed by atoms with van der Waals surface area (Å²) in [6.45, 7) is 1.88. The Balaban J connectivity index is 2.22. The molecule has 0 radical (unpaired) electrons. The van der Waals surface area contributed by atoms with Crippen molar-refractivity contribution in [3.8, 4) is 0 Å². The topological polar surface area (TPSA) is 34.1 Å². The fourth-order valence-corrected chi connectivity index (χ4v) is 3.02. The van der Waals surface area contributed by atoms with E-state index in [4.69, 9.17) is 0 Å². The standard InChI is InChI=1S/C16H14O2/c1-2-11-12-8-9-13(17)15(12)14(16(11)18)10-6-4-3-5-7-10/h2-7,12H,8-9H2,1H3/b11-2-. The molecule has 0 aromatic heterocycles. The van der Waals surface area contributed by atoms with Gasteiger partial charge in [0.15, 0.2) is 11.6 Å². The molecule has 1 saturated carbocycles. The van der Waals surface area contributed by atoms with Gasteiger partial charge in [-0.1, -0.05) is 36.4 Å². The highest BCUT2D eigenvalue weighted by Crippen LogP contribution is 2.46. The third-order valence-corrected chi connectivity index (χ3v) is 3.82. The van der Waals surface area contributed by atoms with Gasteiger partial charge < -0.3 is 0 Å². The number of carbonyl (C=O) groups excluding carboxylic acids is 2. The van der Waals surface area contributed by atoms with E-state index in [1.807, 2.05) is 43.3 Å². The smallest absolute Gasteiger partial charge is 0.190 e. The van der Waals surface area contributed by atoms with E-state index in [9.17, 15) is 9.59 Å². The van der Waals surface area contributed by atoms with Gasteiger partial charge in [0.25, 0.3) is 0 Å². The number of Topliss-reactive ketones (excluding diaryl/α,β-unsaturated/α-hetero) is 2. The van der Waals surface area contributed by atoms with Gasteiger partial charge in [0.2, 0.25) is 0 Å². The van der Waals surface area contributed by atoms with Crippen molar-refractivity contribution in [3.05, 3.63) is 53.1 Å². The van der Waals surface area contributed by atoms with Crippen molar-refractivity contribution in [1.82, 2.24) is 0 Å². The minimum absolute atomic E-state index is 0.0387. The van der Waals surface area contributed by atoms with Crippen LogP contribution in [0.5, 0.6) is 0 Å². The predicted octanol–water partition coefficient (Wildman–Crippen LogP) is 2.95. The number of hydrogen-bond acceptors (Lipinski definition) is 2. The molecular weight excluding hydrogens is 224 g/mol. The van der Waals surface area contributed by atoms with E-state index in [1.165, 1.54) is 0 Å². The quantitative estimate of drug-likeness (QED) is 0.705. The third kappa shape index (κ3) is 1.42. The van der Waals surface area contributed by atoms with Gasteiger partial charge in [-0.25, -0.2) is 0 Å². The molecular formula is C16H14O2. The Labute approximate surface area is 106 Å². The van der Waals surface area contributed by atoms with Crippen LogP contribution in [0.25, 0.3) is 5.57 Å². The zero-order chi connectivity index (χ0) is 12.7. The number of allylic oxidation sites excluding steroid dienone is 4. The Kier molecular flexibility index (Phi) is 2.51. The van der Waals surface area contributed by atoms with Crippen LogP contribution >= 0.6 is 0 Å². The normalized spacial score (nSPS) is 25.2. The van der Waals surface area contributed by atoms with E-state index < -0.39 is 0 Å². The average Bonchev–Trinajstić information content (AvgIpc) is 2.88. The van der Waals surface area contributed by atoms with Crippen LogP contribution in [0.2, 0.25) is 0 Å². The maximum Gasteiger partial charge on any atom is 0.190 e. The molecule has 2 heteroatoms. The Morgan fingerprint density at radius 3 is 2.56 bits per heavy atom. The van der Waals surface area contributed by atoms with Gasteiger partial charge in [-0.15, -0.1) is 0 Å². The molecule has 2 aliphatic carbocycles. The molecule has 1 aromatic carbocycles. The lowest BCUT2D eigenvalue weighted by atomic mass is 9.98. The second kappa shape index (κ2) is 4.05. The molecule has 0 spiro atoms. The molecule has 2 nitrogen and oxygen atoms in total. The SMILES string of the molecule is C/C=C1\C(=O)C(c2ccccc2)=C2C(=O)CCC21. The van der Waals surface area contributed by atoms with Gasteiger partial charge in [-0.05, 0) is 18.9 Å². The molecule has 1 atom stereocenters. The average molecular weight is 238 g/mol. The summed E-state index contributed by atoms with van der Waals surface area (Å²) < 4.78 is 0. The zero-order valence-corrected chi connectivity index (χ0v) is 10.3. The minimum Gasteiger partial charge on any atom is -0.295 e. The first kappa shape index (κ1) is 11.1. The molecule has 0 bridgehead atoms. The van der Waals surface area contributed by atoms with Gasteiger partial charge >= 0.3 is 0 Å². The first-order chi connectivity index (χ1) is 8.74. The van der Waals surface area contributed by atoms with Crippen LogP contribution in [-0.2, 0) is 9.59 Å². The van der Waals surface area contributed by atoms with Crippen molar-refractivity contribution < 1.29 is 9.59 Å². The molecule has 3 rings (SSSR count). The highest BCUT2D eigenvalue weighted by molar-refractivity contribution is 6.37. The minimum atomic E-state index is 0.0387. The van der Waals surface area contributed by atoms with E-state index in [2.05, 4.69) is 0 Å². The lowest BCUT2D eigenvalue weighted by molar-refractivity contribution is -0.115. The van der Waals surface area contributed by atoms with E-state index in [1.54, 1.807) is 0 Å². The molecule has 0 aliphatic heterocycles. The Hall–Kier alpha value is -1.96. The summed E-state index contributed by atoms with van der Waals surface area (Å²) >= 11 is 0. The lowest BCUT2D eigenvalue weighted by Crippen LogP contribution is -2.03. The van der Waals surface area contributed by atoms with Gasteiger partial charge in [0.1, 0.15) is 0 Å². The van der Waals surface area contributed by atoms with Crippen molar-refractivity contribution in [1.29, 1.82) is 0 Å². The van der Waals surface area contributed by atoms with Crippen molar-refractivity contribution in [2.75, 3.05) is 0 Å². The van der Waals surface area contributed by atoms with Gasteiger partial charge in [-0.3, -0.25) is 9.59 Å². The fourth-order valence-electron chi connectivity index (χ4n) is 3.02. The number of rotatable bonds is 1. The van der Waals surface area contributed by atoms with Gasteiger partial charge in [0, 0.05) is 29.1 Å². The molecule has 1 aromatic rings. The molecule has 1 unspecified atom stereocenters. The molecule has 0 heterocycles. The highest BCUT2D eigenvalue weighted by Gasteiger charge is 2.43. The molecule has 1 fully saturated rings. The zero-order valence-electron chi connectivity index (χ0n) is 10.3. The summed E-state index contributed by atoms with van der Waals surface area (Å²) in [6.07, 6.45) is 3.22. The lowest BCUT2D eigenvalue weighted by Gasteiger charge is -2.03. The van der Waals surface area contributed by atoms with E-state index in [0.29, 0.717) is 12.0 Å². The van der Waals surface area contributed by atoms with Crippen LogP contribution in [0, 0.1) is 5.92 Å². The maximum atomic E-state index is 12.4. The van der Waals surface area contributed by atoms with Crippen molar-refractivity contribution in [2.45, 2.75) is 19.8 Å². The van der Waals surface area contributed by atoms with E-state index >= 15 is 0 Å². The van der Waals surface area contributed by atoms with Crippen molar-refractivity contribution in [2.24, 2.45) is 5.92 Å². The monoisotopic (exact) mass is 238 g/mol. The molecule has 0 saturated heterocycles. The Bertz CT molecular complexity index is 591. The number of carbonyl (C=O) groups is 2. The van der Waals surface area contributed by atoms with E-state index in [-0.39, 0.29) is 17.5 Å². The predicted molar refractivity (Wildman–Crippen MR) is 69.9 cm³/mol. The van der Waals surface area contributed by atoms with Crippen LogP contribution in [0.3, 0.4) is 0 Å². The number of fused-ring (bicyclic) bond motifs is 1. The fraction of sp³-hybridized carbons (Fsp3) is 0.250. The number of benzene rings is 1. The Morgan fingerprint density at radius 2 is 1.89 bits per heavy atom. The summed E-state index contributed by atoms with van der Waals surface area (Å²) in [7, 11) is 0. The summed E-state index contributed by atoms with van der Waals surface area (Å²) in [4.78, 5) is 24.4. The summed E-state index contributed by atoms with van der Waals surface area (Å²) in [6, 6.07) is 9.53. The van der Waals surface area contributed by atoms with Crippen LogP contribution in [0.4, 0.5) is 0 Å². The van der Waals surface area contributed by atoms with Crippen LogP contribution in [-0.4, -0.2) is 11.6 Å². The summed E-state index contributed by atoms with van der Waals surface area (Å²) in [5, 5.41) is 0. The summed E-state index contributed by atoms with van der Waals surface area (Å²) in [5.41, 5.74) is 3.06. The second-order valence-corrected chi connectivity index (χ2v) is 4.74. The highest BCUT2D eigenvalue weighted by atomic mass is 16.1. The third-order valence-electron chi connectivity index (χ3n) is 3.82. The van der Waals surface area contributed by atoms with Crippen molar-refractivity contribution in [3.63, 3.8) is 0 Å². The molecule has 0 amide bonds. The molecule has 18 heavy (non-hydrogen) atoms. The maximum absolute atomic E-state index is 12.4. The first-order valence-electron chi connectivity index (χ1n) is 6.27. The van der Waals surface area contributed by atoms with Crippen LogP contribution in [0.15, 0.2) is 47.6 Å². The first-order valence-corrected chi connectivity index (χ1v) is 6.27. The number of hydrogen-bond donors (Lipinski definition) is 0. The second-order valence-electron chi connectivity index (χ2n) is 4.74. The molecule has 0 N–H and O–H groups in total. The largest absolute Gasteiger partial charge is 0.295 e. The van der Waals surface area contributed by atoms with Crippen LogP contribution in [0.1, 0.15) is 25.3 Å². The molecule has 90 valence electrons. The van der Waals surface area contributed by atoms with Gasteiger partial charge in [0.05, 0.1) is 0 Å².